The maximum absolute atomic E-state index is 12.8. The van der Waals surface area contributed by atoms with E-state index in [1.165, 1.54) is 0 Å². The van der Waals surface area contributed by atoms with Gasteiger partial charge in [-0.15, -0.1) is 0 Å². The fraction of sp³-hybridized carbons (Fsp3) is 0.467. The fourth-order valence-electron chi connectivity index (χ4n) is 2.40. The quantitative estimate of drug-likeness (QED) is 0.788. The average molecular weight is 368 g/mol. The summed E-state index contributed by atoms with van der Waals surface area (Å²) in [5.41, 5.74) is -3.98. The molecule has 1 heterocycles. The van der Waals surface area contributed by atoms with Crippen molar-refractivity contribution in [3.05, 3.63) is 34.9 Å². The number of hydrogen-bond donors (Lipinski definition) is 2. The van der Waals surface area contributed by atoms with Crippen molar-refractivity contribution in [3.63, 3.8) is 0 Å². The maximum Gasteiger partial charge on any atom is 0.416 e. The molecule has 2 amide bonds. The molecular formula is C15H14F6N2O2. The van der Waals surface area contributed by atoms with Gasteiger partial charge >= 0.3 is 12.4 Å². The summed E-state index contributed by atoms with van der Waals surface area (Å²) >= 11 is 0. The molecule has 1 aliphatic heterocycles. The van der Waals surface area contributed by atoms with E-state index in [1.54, 1.807) is 0 Å². The SMILES string of the molecule is O=C(NC1CCCCNC1=O)c1cc(C(F)(F)F)cc(C(F)(F)F)c1. The number of carbonyl (C=O) groups is 2. The molecule has 1 aromatic carbocycles. The van der Waals surface area contributed by atoms with Crippen molar-refractivity contribution >= 4 is 11.8 Å². The lowest BCUT2D eigenvalue weighted by Gasteiger charge is -2.17. The normalized spacial score (nSPS) is 19.1. The van der Waals surface area contributed by atoms with Gasteiger partial charge in [0.05, 0.1) is 11.1 Å². The summed E-state index contributed by atoms with van der Waals surface area (Å²) in [4.78, 5) is 23.9. The Hall–Kier alpha value is -2.26. The van der Waals surface area contributed by atoms with Crippen LogP contribution in [0.3, 0.4) is 0 Å². The first-order valence-corrected chi connectivity index (χ1v) is 7.36. The lowest BCUT2D eigenvalue weighted by atomic mass is 10.0. The van der Waals surface area contributed by atoms with E-state index in [-0.39, 0.29) is 12.5 Å². The van der Waals surface area contributed by atoms with Gasteiger partial charge in [-0.2, -0.15) is 26.3 Å². The minimum atomic E-state index is -5.05. The van der Waals surface area contributed by atoms with E-state index in [0.717, 1.165) is 0 Å². The number of hydrogen-bond acceptors (Lipinski definition) is 2. The standard InChI is InChI=1S/C15H14F6N2O2/c16-14(17,18)9-5-8(6-10(7-9)15(19,20)21)12(24)23-11-3-1-2-4-22-13(11)25/h5-7,11H,1-4H2,(H,22,25)(H,23,24). The molecule has 0 aromatic heterocycles. The first-order valence-electron chi connectivity index (χ1n) is 7.36. The Morgan fingerprint density at radius 2 is 1.56 bits per heavy atom. The molecule has 1 fully saturated rings. The third kappa shape index (κ3) is 4.86. The van der Waals surface area contributed by atoms with Crippen LogP contribution in [0.4, 0.5) is 26.3 Å². The van der Waals surface area contributed by atoms with Crippen LogP contribution in [0.2, 0.25) is 0 Å². The molecule has 0 aliphatic carbocycles. The summed E-state index contributed by atoms with van der Waals surface area (Å²) in [5.74, 6) is -1.69. The topological polar surface area (TPSA) is 58.2 Å². The molecule has 2 rings (SSSR count). The fourth-order valence-corrected chi connectivity index (χ4v) is 2.40. The highest BCUT2D eigenvalue weighted by atomic mass is 19.4. The summed E-state index contributed by atoms with van der Waals surface area (Å²) in [7, 11) is 0. The van der Waals surface area contributed by atoms with Gasteiger partial charge in [0.1, 0.15) is 6.04 Å². The summed E-state index contributed by atoms with van der Waals surface area (Å²) < 4.78 is 76.9. The van der Waals surface area contributed by atoms with Crippen molar-refractivity contribution in [3.8, 4) is 0 Å². The number of alkyl halides is 6. The van der Waals surface area contributed by atoms with Crippen molar-refractivity contribution in [1.29, 1.82) is 0 Å². The van der Waals surface area contributed by atoms with Crippen LogP contribution < -0.4 is 10.6 Å². The molecule has 0 spiro atoms. The van der Waals surface area contributed by atoms with Gasteiger partial charge in [-0.1, -0.05) is 0 Å². The largest absolute Gasteiger partial charge is 0.416 e. The van der Waals surface area contributed by atoms with Gasteiger partial charge in [-0.05, 0) is 37.5 Å². The van der Waals surface area contributed by atoms with E-state index in [4.69, 9.17) is 0 Å². The molecule has 0 saturated carbocycles. The minimum absolute atomic E-state index is 0.0604. The average Bonchev–Trinajstić information content (AvgIpc) is 2.70. The van der Waals surface area contributed by atoms with Gasteiger partial charge in [0.2, 0.25) is 5.91 Å². The number of nitrogens with one attached hydrogen (secondary N) is 2. The van der Waals surface area contributed by atoms with Gasteiger partial charge < -0.3 is 10.6 Å². The number of benzene rings is 1. The van der Waals surface area contributed by atoms with Crippen LogP contribution in [0.25, 0.3) is 0 Å². The molecule has 10 heteroatoms. The van der Waals surface area contributed by atoms with Crippen molar-refractivity contribution in [2.75, 3.05) is 6.54 Å². The predicted octanol–water partition coefficient (Wildman–Crippen LogP) is 3.12. The van der Waals surface area contributed by atoms with Gasteiger partial charge in [-0.25, -0.2) is 0 Å². The summed E-state index contributed by atoms with van der Waals surface area (Å²) in [6, 6.07) is -0.396. The second-order valence-corrected chi connectivity index (χ2v) is 5.61. The Bertz CT molecular complexity index is 637. The Morgan fingerprint density at radius 1 is 1.00 bits per heavy atom. The third-order valence-electron chi connectivity index (χ3n) is 3.69. The number of halogens is 6. The zero-order valence-corrected chi connectivity index (χ0v) is 12.7. The highest BCUT2D eigenvalue weighted by molar-refractivity contribution is 5.98. The van der Waals surface area contributed by atoms with E-state index in [0.29, 0.717) is 31.5 Å². The first kappa shape index (κ1) is 19.1. The van der Waals surface area contributed by atoms with Crippen molar-refractivity contribution in [1.82, 2.24) is 10.6 Å². The van der Waals surface area contributed by atoms with Crippen LogP contribution in [0, 0.1) is 0 Å². The molecule has 1 unspecified atom stereocenters. The molecule has 25 heavy (non-hydrogen) atoms. The second-order valence-electron chi connectivity index (χ2n) is 5.61. The van der Waals surface area contributed by atoms with E-state index in [9.17, 15) is 35.9 Å². The molecule has 1 aromatic rings. The summed E-state index contributed by atoms with van der Waals surface area (Å²) in [6.45, 7) is 0.396. The van der Waals surface area contributed by atoms with Gasteiger partial charge in [0.25, 0.3) is 5.91 Å². The monoisotopic (exact) mass is 368 g/mol. The minimum Gasteiger partial charge on any atom is -0.354 e. The molecule has 1 aliphatic rings. The molecule has 1 saturated heterocycles. The maximum atomic E-state index is 12.8. The van der Waals surface area contributed by atoms with Crippen molar-refractivity contribution in [2.24, 2.45) is 0 Å². The molecule has 4 nitrogen and oxygen atoms in total. The lowest BCUT2D eigenvalue weighted by Crippen LogP contribution is -2.45. The van der Waals surface area contributed by atoms with Crippen molar-refractivity contribution in [2.45, 2.75) is 37.7 Å². The Balaban J connectivity index is 2.33. The van der Waals surface area contributed by atoms with Crippen LogP contribution in [0.15, 0.2) is 18.2 Å². The smallest absolute Gasteiger partial charge is 0.354 e. The van der Waals surface area contributed by atoms with Crippen LogP contribution in [0.1, 0.15) is 40.7 Å². The van der Waals surface area contributed by atoms with Gasteiger partial charge in [0, 0.05) is 12.1 Å². The second kappa shape index (κ2) is 6.93. The zero-order valence-electron chi connectivity index (χ0n) is 12.7. The van der Waals surface area contributed by atoms with E-state index in [1.807, 2.05) is 0 Å². The Morgan fingerprint density at radius 3 is 2.08 bits per heavy atom. The first-order chi connectivity index (χ1) is 11.5. The third-order valence-corrected chi connectivity index (χ3v) is 3.69. The Labute approximate surface area is 138 Å². The molecule has 1 atom stereocenters. The van der Waals surface area contributed by atoms with Crippen LogP contribution in [0.5, 0.6) is 0 Å². The van der Waals surface area contributed by atoms with E-state index >= 15 is 0 Å². The lowest BCUT2D eigenvalue weighted by molar-refractivity contribution is -0.143. The van der Waals surface area contributed by atoms with Gasteiger partial charge in [0.15, 0.2) is 0 Å². The van der Waals surface area contributed by atoms with Crippen LogP contribution in [-0.4, -0.2) is 24.4 Å². The molecule has 0 bridgehead atoms. The Kier molecular flexibility index (Phi) is 5.28. The molecule has 0 radical (unpaired) electrons. The molecule has 2 N–H and O–H groups in total. The van der Waals surface area contributed by atoms with E-state index in [2.05, 4.69) is 10.6 Å². The molecular weight excluding hydrogens is 354 g/mol. The highest BCUT2D eigenvalue weighted by Crippen LogP contribution is 2.36. The number of rotatable bonds is 2. The van der Waals surface area contributed by atoms with Crippen molar-refractivity contribution < 1.29 is 35.9 Å². The summed E-state index contributed by atoms with van der Waals surface area (Å²) in [5, 5.41) is 4.71. The summed E-state index contributed by atoms with van der Waals surface area (Å²) in [6.07, 6.45) is -8.59. The highest BCUT2D eigenvalue weighted by Gasteiger charge is 2.37. The zero-order chi connectivity index (χ0) is 18.8. The van der Waals surface area contributed by atoms with E-state index < -0.39 is 46.9 Å². The van der Waals surface area contributed by atoms with Gasteiger partial charge in [-0.3, -0.25) is 9.59 Å². The molecule has 138 valence electrons. The number of amides is 2. The van der Waals surface area contributed by atoms with Crippen LogP contribution >= 0.6 is 0 Å². The van der Waals surface area contributed by atoms with Crippen LogP contribution in [-0.2, 0) is 17.1 Å². The number of carbonyl (C=O) groups excluding carboxylic acids is 2. The predicted molar refractivity (Wildman–Crippen MR) is 74.6 cm³/mol.